The summed E-state index contributed by atoms with van der Waals surface area (Å²) in [6, 6.07) is 50.5. The lowest BCUT2D eigenvalue weighted by Gasteiger charge is -2.23. The molecule has 50 heavy (non-hydrogen) atoms. The van der Waals surface area contributed by atoms with Crippen LogP contribution in [0, 0.1) is 0 Å². The van der Waals surface area contributed by atoms with Crippen LogP contribution in [0.2, 0.25) is 0 Å². The van der Waals surface area contributed by atoms with Crippen LogP contribution in [0.25, 0.3) is 42.9 Å². The van der Waals surface area contributed by atoms with E-state index in [0.717, 1.165) is 75.7 Å². The fraction of sp³-hybridized carbons (Fsp3) is 0. The van der Waals surface area contributed by atoms with Crippen LogP contribution in [0.4, 0.5) is 32.8 Å². The molecule has 0 atom stereocenters. The molecule has 0 bridgehead atoms. The van der Waals surface area contributed by atoms with Crippen molar-refractivity contribution in [3.8, 4) is 20.9 Å². The van der Waals surface area contributed by atoms with E-state index in [2.05, 4.69) is 131 Å². The van der Waals surface area contributed by atoms with Gasteiger partial charge in [-0.05, 0) is 72.8 Å². The van der Waals surface area contributed by atoms with E-state index in [1.165, 1.54) is 0 Å². The molecule has 0 saturated carbocycles. The smallest absolute Gasteiger partial charge is 0.101 e. The van der Waals surface area contributed by atoms with Crippen molar-refractivity contribution in [1.82, 2.24) is 19.9 Å². The molecule has 9 aromatic rings. The van der Waals surface area contributed by atoms with E-state index < -0.39 is 0 Å². The van der Waals surface area contributed by atoms with Crippen LogP contribution >= 0.6 is 22.7 Å². The average molecular weight is 681 g/mol. The van der Waals surface area contributed by atoms with Crippen molar-refractivity contribution in [2.75, 3.05) is 9.80 Å². The number of fused-ring (bicyclic) bond motifs is 2. The van der Waals surface area contributed by atoms with Gasteiger partial charge in [-0.25, -0.2) is 0 Å². The van der Waals surface area contributed by atoms with E-state index in [-0.39, 0.29) is 0 Å². The van der Waals surface area contributed by atoms with E-state index in [1.807, 2.05) is 24.3 Å². The topological polar surface area (TPSA) is 58.0 Å². The van der Waals surface area contributed by atoms with Crippen LogP contribution in [0.5, 0.6) is 0 Å². The first-order chi connectivity index (χ1) is 24.8. The molecule has 0 unspecified atom stereocenters. The van der Waals surface area contributed by atoms with Gasteiger partial charge in [0.25, 0.3) is 0 Å². The van der Waals surface area contributed by atoms with E-state index >= 15 is 0 Å². The number of thiophene rings is 2. The molecule has 4 aromatic heterocycles. The maximum atomic E-state index is 4.96. The lowest BCUT2D eigenvalue weighted by atomic mass is 10.0. The quantitative estimate of drug-likeness (QED) is 0.149. The van der Waals surface area contributed by atoms with Gasteiger partial charge in [0, 0.05) is 68.4 Å². The summed E-state index contributed by atoms with van der Waals surface area (Å²) in [7, 11) is 0. The van der Waals surface area contributed by atoms with Gasteiger partial charge in [-0.3, -0.25) is 19.9 Å². The van der Waals surface area contributed by atoms with Gasteiger partial charge in [0.2, 0.25) is 0 Å². The van der Waals surface area contributed by atoms with Crippen LogP contribution in [0.15, 0.2) is 170 Å². The molecule has 0 saturated heterocycles. The zero-order valence-corrected chi connectivity index (χ0v) is 28.3. The third-order valence-corrected chi connectivity index (χ3v) is 10.7. The molecule has 8 heteroatoms. The Morgan fingerprint density at radius 3 is 0.880 bits per heavy atom. The number of hydrogen-bond donors (Lipinski definition) is 0. The molecule has 0 N–H and O–H groups in total. The Balaban J connectivity index is 1.21. The molecule has 4 heterocycles. The lowest BCUT2D eigenvalue weighted by Crippen LogP contribution is -2.07. The summed E-state index contributed by atoms with van der Waals surface area (Å²) in [6.07, 6.45) is 7.05. The standard InChI is InChI=1S/C42H28N6S2/c1-5-13-29(14-6-1)47(30-15-7-2-8-16-30)35-23-21-33(49-35)37-39-41(45-27-25-43-39)38(42-40(37)44-26-28-46-42)34-22-24-36(50-34)48(31-17-9-3-10-18-31)32-19-11-4-12-20-32/h1-28H. The largest absolute Gasteiger partial charge is 0.302 e. The molecule has 9 rings (SSSR count). The second kappa shape index (κ2) is 13.0. The predicted octanol–water partition coefficient (Wildman–Crippen LogP) is 12.0. The van der Waals surface area contributed by atoms with Crippen molar-refractivity contribution in [2.24, 2.45) is 0 Å². The summed E-state index contributed by atoms with van der Waals surface area (Å²) in [5.41, 5.74) is 9.42. The maximum absolute atomic E-state index is 4.96. The minimum absolute atomic E-state index is 0.799. The number of hydrogen-bond acceptors (Lipinski definition) is 8. The fourth-order valence-corrected chi connectivity index (χ4v) is 8.57. The summed E-state index contributed by atoms with van der Waals surface area (Å²) >= 11 is 3.41. The van der Waals surface area contributed by atoms with Gasteiger partial charge in [-0.15, -0.1) is 22.7 Å². The number of aromatic nitrogens is 4. The summed E-state index contributed by atoms with van der Waals surface area (Å²) < 4.78 is 0. The normalized spacial score (nSPS) is 11.2. The highest BCUT2D eigenvalue weighted by Crippen LogP contribution is 2.49. The molecule has 0 aliphatic carbocycles. The van der Waals surface area contributed by atoms with Crippen molar-refractivity contribution in [2.45, 2.75) is 0 Å². The van der Waals surface area contributed by atoms with Crippen molar-refractivity contribution < 1.29 is 0 Å². The molecule has 0 aliphatic rings. The molecular formula is C42H28N6S2. The first-order valence-electron chi connectivity index (χ1n) is 16.2. The minimum atomic E-state index is 0.799. The first-order valence-corrected chi connectivity index (χ1v) is 17.8. The second-order valence-corrected chi connectivity index (χ2v) is 13.7. The van der Waals surface area contributed by atoms with Crippen LogP contribution in [-0.2, 0) is 0 Å². The highest BCUT2D eigenvalue weighted by atomic mass is 32.1. The summed E-state index contributed by atoms with van der Waals surface area (Å²) in [6.45, 7) is 0. The summed E-state index contributed by atoms with van der Waals surface area (Å²) in [5, 5.41) is 2.17. The highest BCUT2D eigenvalue weighted by Gasteiger charge is 2.24. The maximum Gasteiger partial charge on any atom is 0.101 e. The Kier molecular flexibility index (Phi) is 7.77. The molecule has 0 fully saturated rings. The van der Waals surface area contributed by atoms with Gasteiger partial charge in [0.1, 0.15) is 32.1 Å². The fourth-order valence-electron chi connectivity index (χ4n) is 6.38. The van der Waals surface area contributed by atoms with Crippen molar-refractivity contribution in [3.05, 3.63) is 170 Å². The minimum Gasteiger partial charge on any atom is -0.302 e. The second-order valence-electron chi connectivity index (χ2n) is 11.5. The van der Waals surface area contributed by atoms with Crippen LogP contribution in [0.1, 0.15) is 0 Å². The predicted molar refractivity (Wildman–Crippen MR) is 209 cm³/mol. The zero-order chi connectivity index (χ0) is 33.3. The Morgan fingerprint density at radius 2 is 0.600 bits per heavy atom. The van der Waals surface area contributed by atoms with E-state index in [4.69, 9.17) is 19.9 Å². The SMILES string of the molecule is c1ccc(N(c2ccccc2)c2ccc(-c3c4nccnc4c(-c4ccc(N(c5ccccc5)c5ccccc5)s4)c4nccnc34)s2)cc1. The van der Waals surface area contributed by atoms with Gasteiger partial charge < -0.3 is 9.80 Å². The third-order valence-electron chi connectivity index (χ3n) is 8.52. The van der Waals surface area contributed by atoms with Crippen LogP contribution in [-0.4, -0.2) is 19.9 Å². The number of rotatable bonds is 8. The van der Waals surface area contributed by atoms with Crippen LogP contribution < -0.4 is 9.80 Å². The van der Waals surface area contributed by atoms with Crippen molar-refractivity contribution in [3.63, 3.8) is 0 Å². The summed E-state index contributed by atoms with van der Waals surface area (Å²) in [4.78, 5) is 26.5. The summed E-state index contributed by atoms with van der Waals surface area (Å²) in [5.74, 6) is 0. The van der Waals surface area contributed by atoms with Gasteiger partial charge in [-0.2, -0.15) is 0 Å². The van der Waals surface area contributed by atoms with E-state index in [0.29, 0.717) is 0 Å². The Morgan fingerprint density at radius 1 is 0.320 bits per heavy atom. The molecular weight excluding hydrogens is 653 g/mol. The lowest BCUT2D eigenvalue weighted by molar-refractivity contribution is 1.27. The molecule has 0 spiro atoms. The van der Waals surface area contributed by atoms with Gasteiger partial charge >= 0.3 is 0 Å². The number of para-hydroxylation sites is 4. The third kappa shape index (κ3) is 5.37. The molecule has 0 radical (unpaired) electrons. The molecule has 5 aromatic carbocycles. The Bertz CT molecular complexity index is 2240. The Hall–Kier alpha value is -6.22. The average Bonchev–Trinajstić information content (AvgIpc) is 3.86. The Labute approximate surface area is 297 Å². The molecule has 238 valence electrons. The van der Waals surface area contributed by atoms with Crippen LogP contribution in [0.3, 0.4) is 0 Å². The molecule has 0 amide bonds. The number of benzene rings is 5. The number of anilines is 6. The number of nitrogens with zero attached hydrogens (tertiary/aromatic N) is 6. The highest BCUT2D eigenvalue weighted by molar-refractivity contribution is 7.20. The van der Waals surface area contributed by atoms with Crippen molar-refractivity contribution in [1.29, 1.82) is 0 Å². The van der Waals surface area contributed by atoms with Crippen molar-refractivity contribution >= 4 is 77.5 Å². The molecule has 0 aliphatic heterocycles. The van der Waals surface area contributed by atoms with Gasteiger partial charge in [-0.1, -0.05) is 72.8 Å². The van der Waals surface area contributed by atoms with E-state index in [9.17, 15) is 0 Å². The monoisotopic (exact) mass is 680 g/mol. The van der Waals surface area contributed by atoms with E-state index in [1.54, 1.807) is 47.5 Å². The van der Waals surface area contributed by atoms with Gasteiger partial charge in [0.05, 0.1) is 0 Å². The first kappa shape index (κ1) is 29.9. The molecule has 6 nitrogen and oxygen atoms in total. The zero-order valence-electron chi connectivity index (χ0n) is 26.7. The van der Waals surface area contributed by atoms with Gasteiger partial charge in [0.15, 0.2) is 0 Å².